The molecule has 2 aromatic rings. The Morgan fingerprint density at radius 1 is 1.20 bits per heavy atom. The van der Waals surface area contributed by atoms with Gasteiger partial charge in [-0.1, -0.05) is 25.4 Å². The second-order valence-corrected chi connectivity index (χ2v) is 11.6. The van der Waals surface area contributed by atoms with Gasteiger partial charge in [0.2, 0.25) is 0 Å². The minimum atomic E-state index is -4.04. The number of anilines is 1. The van der Waals surface area contributed by atoms with Crippen LogP contribution in [0.15, 0.2) is 35.2 Å². The number of halogens is 4. The third kappa shape index (κ3) is 5.66. The van der Waals surface area contributed by atoms with E-state index in [1.165, 1.54) is 12.1 Å². The Kier molecular flexibility index (Phi) is 8.20. The molecular formula is C24H28ClF3N2O4S. The van der Waals surface area contributed by atoms with E-state index in [4.69, 9.17) is 17.3 Å². The van der Waals surface area contributed by atoms with E-state index in [9.17, 15) is 31.5 Å². The third-order valence-electron chi connectivity index (χ3n) is 6.80. The van der Waals surface area contributed by atoms with Gasteiger partial charge in [-0.3, -0.25) is 4.79 Å². The number of aliphatic hydroxyl groups is 1. The fourth-order valence-corrected chi connectivity index (χ4v) is 7.60. The standard InChI is InChI=1S/C24H28ClF3N2O4S/c1-3-24(32,12-29)11-15-5-4-13(2)22(15)35(33,34)20-8-14(6-7-17(20)25)23(31)30-16-9-18(26)21(28)19(27)10-16/h6-10,13,15,22,32H,3-5,11-12,29H2,1-2H3,(H,30,31)/t13-,15+,22?,24-/m1/s1. The van der Waals surface area contributed by atoms with Crippen LogP contribution in [0.3, 0.4) is 0 Å². The SMILES string of the molecule is CC[C@](O)(CN)C[C@@H]1CC[C@@H](C)C1S(=O)(=O)c1cc(C(=O)Nc2cc(F)c(F)c(F)c2)ccc1Cl. The lowest BCUT2D eigenvalue weighted by atomic mass is 9.87. The van der Waals surface area contributed by atoms with Gasteiger partial charge in [-0.2, -0.15) is 0 Å². The molecule has 1 unspecified atom stereocenters. The number of sulfone groups is 1. The molecule has 0 radical (unpaired) electrons. The van der Waals surface area contributed by atoms with E-state index in [2.05, 4.69) is 5.32 Å². The number of benzene rings is 2. The first-order chi connectivity index (χ1) is 16.3. The third-order valence-corrected chi connectivity index (χ3v) is 9.76. The van der Waals surface area contributed by atoms with Crippen LogP contribution in [-0.4, -0.2) is 36.8 Å². The molecule has 1 aliphatic rings. The molecule has 0 spiro atoms. The average Bonchev–Trinajstić information content (AvgIpc) is 3.17. The molecule has 4 atom stereocenters. The molecule has 35 heavy (non-hydrogen) atoms. The van der Waals surface area contributed by atoms with Gasteiger partial charge in [-0.05, 0) is 55.7 Å². The summed E-state index contributed by atoms with van der Waals surface area (Å²) in [6.07, 6.45) is 1.82. The zero-order valence-electron chi connectivity index (χ0n) is 19.3. The van der Waals surface area contributed by atoms with Crippen molar-refractivity contribution >= 4 is 33.0 Å². The van der Waals surface area contributed by atoms with Crippen LogP contribution < -0.4 is 11.1 Å². The van der Waals surface area contributed by atoms with Crippen LogP contribution in [0.25, 0.3) is 0 Å². The molecule has 0 saturated heterocycles. The normalized spacial score (nSPS) is 22.1. The lowest BCUT2D eigenvalue weighted by molar-refractivity contribution is 0.0209. The predicted molar refractivity (Wildman–Crippen MR) is 127 cm³/mol. The quantitative estimate of drug-likeness (QED) is 0.427. The Labute approximate surface area is 207 Å². The minimum Gasteiger partial charge on any atom is -0.389 e. The zero-order chi connectivity index (χ0) is 26.1. The van der Waals surface area contributed by atoms with E-state index in [-0.39, 0.29) is 46.0 Å². The van der Waals surface area contributed by atoms with Crippen molar-refractivity contribution in [3.05, 3.63) is 58.4 Å². The molecule has 6 nitrogen and oxygen atoms in total. The van der Waals surface area contributed by atoms with E-state index in [0.29, 0.717) is 31.4 Å². The molecule has 3 rings (SSSR count). The number of nitrogens with two attached hydrogens (primary N) is 1. The summed E-state index contributed by atoms with van der Waals surface area (Å²) in [5.41, 5.74) is 4.09. The van der Waals surface area contributed by atoms with E-state index in [1.807, 2.05) is 6.92 Å². The zero-order valence-corrected chi connectivity index (χ0v) is 20.9. The van der Waals surface area contributed by atoms with Gasteiger partial charge in [-0.25, -0.2) is 21.6 Å². The van der Waals surface area contributed by atoms with Gasteiger partial charge < -0.3 is 16.2 Å². The molecule has 4 N–H and O–H groups in total. The number of carbonyl (C=O) groups excluding carboxylic acids is 1. The molecule has 1 fully saturated rings. The van der Waals surface area contributed by atoms with Crippen LogP contribution in [0.1, 0.15) is 49.9 Å². The maximum absolute atomic E-state index is 13.7. The highest BCUT2D eigenvalue weighted by Gasteiger charge is 2.46. The summed E-state index contributed by atoms with van der Waals surface area (Å²) in [7, 11) is -4.04. The van der Waals surface area contributed by atoms with E-state index in [0.717, 1.165) is 6.07 Å². The smallest absolute Gasteiger partial charge is 0.255 e. The summed E-state index contributed by atoms with van der Waals surface area (Å²) >= 11 is 6.25. The number of hydrogen-bond donors (Lipinski definition) is 3. The first-order valence-corrected chi connectivity index (χ1v) is 13.2. The van der Waals surface area contributed by atoms with Gasteiger partial charge in [0.15, 0.2) is 27.3 Å². The molecule has 1 aliphatic carbocycles. The molecule has 0 aromatic heterocycles. The summed E-state index contributed by atoms with van der Waals surface area (Å²) < 4.78 is 67.6. The predicted octanol–water partition coefficient (Wildman–Crippen LogP) is 4.69. The molecule has 0 aliphatic heterocycles. The molecule has 1 amide bonds. The van der Waals surface area contributed by atoms with Crippen molar-refractivity contribution in [1.82, 2.24) is 0 Å². The van der Waals surface area contributed by atoms with Crippen LogP contribution >= 0.6 is 11.6 Å². The number of carbonyl (C=O) groups is 1. The summed E-state index contributed by atoms with van der Waals surface area (Å²) in [5.74, 6) is -6.07. The fraction of sp³-hybridized carbons (Fsp3) is 0.458. The fourth-order valence-electron chi connectivity index (χ4n) is 4.75. The molecule has 2 aromatic carbocycles. The Balaban J connectivity index is 1.93. The van der Waals surface area contributed by atoms with Crippen LogP contribution in [0.4, 0.5) is 18.9 Å². The first-order valence-electron chi connectivity index (χ1n) is 11.2. The molecule has 192 valence electrons. The second kappa shape index (κ2) is 10.5. The van der Waals surface area contributed by atoms with Crippen molar-refractivity contribution < 1.29 is 31.5 Å². The molecule has 11 heteroatoms. The van der Waals surface area contributed by atoms with E-state index >= 15 is 0 Å². The Hall–Kier alpha value is -2.14. The van der Waals surface area contributed by atoms with Gasteiger partial charge >= 0.3 is 0 Å². The van der Waals surface area contributed by atoms with E-state index in [1.54, 1.807) is 6.92 Å². The number of hydrogen-bond acceptors (Lipinski definition) is 5. The highest BCUT2D eigenvalue weighted by molar-refractivity contribution is 7.92. The molecule has 0 heterocycles. The maximum Gasteiger partial charge on any atom is 0.255 e. The highest BCUT2D eigenvalue weighted by Crippen LogP contribution is 2.44. The Bertz CT molecular complexity index is 1200. The van der Waals surface area contributed by atoms with Crippen molar-refractivity contribution in [1.29, 1.82) is 0 Å². The summed E-state index contributed by atoms with van der Waals surface area (Å²) in [6.45, 7) is 3.60. The Morgan fingerprint density at radius 2 is 1.83 bits per heavy atom. The lowest BCUT2D eigenvalue weighted by Crippen LogP contribution is -2.42. The molecule has 1 saturated carbocycles. The number of nitrogens with one attached hydrogen (secondary N) is 1. The van der Waals surface area contributed by atoms with Crippen LogP contribution in [0.2, 0.25) is 5.02 Å². The topological polar surface area (TPSA) is 109 Å². The van der Waals surface area contributed by atoms with Crippen LogP contribution in [0, 0.1) is 29.3 Å². The number of amides is 1. The van der Waals surface area contributed by atoms with Gasteiger partial charge in [0.25, 0.3) is 5.91 Å². The second-order valence-electron chi connectivity index (χ2n) is 9.16. The average molecular weight is 533 g/mol. The maximum atomic E-state index is 13.7. The van der Waals surface area contributed by atoms with E-state index < -0.39 is 44.0 Å². The van der Waals surface area contributed by atoms with Gasteiger partial charge in [0.05, 0.1) is 20.8 Å². The van der Waals surface area contributed by atoms with Gasteiger partial charge in [0, 0.05) is 29.9 Å². The van der Waals surface area contributed by atoms with Crippen molar-refractivity contribution in [3.63, 3.8) is 0 Å². The lowest BCUT2D eigenvalue weighted by Gasteiger charge is -2.32. The summed E-state index contributed by atoms with van der Waals surface area (Å²) in [6, 6.07) is 4.86. The summed E-state index contributed by atoms with van der Waals surface area (Å²) in [4.78, 5) is 12.4. The van der Waals surface area contributed by atoms with Gasteiger partial charge in [0.1, 0.15) is 0 Å². The molecular weight excluding hydrogens is 505 g/mol. The molecule has 0 bridgehead atoms. The van der Waals surface area contributed by atoms with Crippen molar-refractivity contribution in [3.8, 4) is 0 Å². The first kappa shape index (κ1) is 27.4. The monoisotopic (exact) mass is 532 g/mol. The van der Waals surface area contributed by atoms with Crippen LogP contribution in [-0.2, 0) is 9.84 Å². The largest absolute Gasteiger partial charge is 0.389 e. The number of rotatable bonds is 8. The van der Waals surface area contributed by atoms with Crippen molar-refractivity contribution in [2.24, 2.45) is 17.6 Å². The van der Waals surface area contributed by atoms with Gasteiger partial charge in [-0.15, -0.1) is 0 Å². The highest BCUT2D eigenvalue weighted by atomic mass is 35.5. The van der Waals surface area contributed by atoms with Crippen LogP contribution in [0.5, 0.6) is 0 Å². The minimum absolute atomic E-state index is 0.00212. The van der Waals surface area contributed by atoms with Crippen molar-refractivity contribution in [2.45, 2.75) is 55.3 Å². The summed E-state index contributed by atoms with van der Waals surface area (Å²) in [5, 5.41) is 12.0. The Morgan fingerprint density at radius 3 is 2.40 bits per heavy atom. The van der Waals surface area contributed by atoms with Crippen molar-refractivity contribution in [2.75, 3.05) is 11.9 Å².